The van der Waals surface area contributed by atoms with E-state index >= 15 is 0 Å². The highest BCUT2D eigenvalue weighted by atomic mass is 35.5. The lowest BCUT2D eigenvalue weighted by Crippen LogP contribution is -2.24. The summed E-state index contributed by atoms with van der Waals surface area (Å²) in [5.41, 5.74) is 7.96. The van der Waals surface area contributed by atoms with Crippen LogP contribution in [0.25, 0.3) is 0 Å². The molecule has 100 valence electrons. The lowest BCUT2D eigenvalue weighted by molar-refractivity contribution is 0.723. The van der Waals surface area contributed by atoms with Gasteiger partial charge in [-0.2, -0.15) is 0 Å². The molecular weight excluding hydrogens is 258 g/mol. The zero-order valence-electron chi connectivity index (χ0n) is 11.2. The summed E-state index contributed by atoms with van der Waals surface area (Å²) in [6.07, 6.45) is 1.79. The van der Waals surface area contributed by atoms with E-state index < -0.39 is 0 Å². The number of rotatable bonds is 4. The summed E-state index contributed by atoms with van der Waals surface area (Å²) in [5.74, 6) is 0.914. The lowest BCUT2D eigenvalue weighted by atomic mass is 10.1. The Morgan fingerprint density at radius 3 is 2.79 bits per heavy atom. The van der Waals surface area contributed by atoms with E-state index in [-0.39, 0.29) is 6.04 Å². The average Bonchev–Trinajstić information content (AvgIpc) is 2.45. The van der Waals surface area contributed by atoms with E-state index in [1.165, 1.54) is 0 Å². The van der Waals surface area contributed by atoms with Crippen LogP contribution in [-0.4, -0.2) is 12.0 Å². The van der Waals surface area contributed by atoms with E-state index in [0.29, 0.717) is 6.54 Å². The second-order valence-electron chi connectivity index (χ2n) is 4.53. The molecule has 0 fully saturated rings. The molecule has 19 heavy (non-hydrogen) atoms. The molecule has 1 heterocycles. The molecule has 0 saturated heterocycles. The minimum Gasteiger partial charge on any atom is -0.353 e. The SMILES string of the molecule is CC(c1cccc(Cl)c1)N(C)c1ncccc1CN. The Balaban J connectivity index is 2.30. The lowest BCUT2D eigenvalue weighted by Gasteiger charge is -2.28. The van der Waals surface area contributed by atoms with Crippen molar-refractivity contribution in [3.8, 4) is 0 Å². The molecule has 4 heteroatoms. The molecule has 0 aliphatic rings. The Morgan fingerprint density at radius 2 is 2.11 bits per heavy atom. The summed E-state index contributed by atoms with van der Waals surface area (Å²) in [6.45, 7) is 2.61. The first-order valence-corrected chi connectivity index (χ1v) is 6.63. The van der Waals surface area contributed by atoms with Crippen molar-refractivity contribution < 1.29 is 0 Å². The van der Waals surface area contributed by atoms with Crippen LogP contribution in [0.2, 0.25) is 5.02 Å². The number of nitrogens with zero attached hydrogens (tertiary/aromatic N) is 2. The summed E-state index contributed by atoms with van der Waals surface area (Å²) in [7, 11) is 2.02. The highest BCUT2D eigenvalue weighted by molar-refractivity contribution is 6.30. The topological polar surface area (TPSA) is 42.2 Å². The number of benzene rings is 1. The van der Waals surface area contributed by atoms with Gasteiger partial charge in [-0.25, -0.2) is 4.98 Å². The third kappa shape index (κ3) is 3.06. The monoisotopic (exact) mass is 275 g/mol. The van der Waals surface area contributed by atoms with E-state index in [1.54, 1.807) is 6.20 Å². The molecule has 1 aromatic heterocycles. The maximum Gasteiger partial charge on any atom is 0.133 e. The highest BCUT2D eigenvalue weighted by Crippen LogP contribution is 2.27. The van der Waals surface area contributed by atoms with Gasteiger partial charge in [-0.05, 0) is 30.7 Å². The molecule has 1 unspecified atom stereocenters. The first-order chi connectivity index (χ1) is 9.13. The van der Waals surface area contributed by atoms with Crippen molar-refractivity contribution in [2.24, 2.45) is 5.73 Å². The maximum absolute atomic E-state index is 6.04. The molecule has 1 atom stereocenters. The van der Waals surface area contributed by atoms with E-state index in [4.69, 9.17) is 17.3 Å². The summed E-state index contributed by atoms with van der Waals surface area (Å²) in [5, 5.41) is 0.748. The van der Waals surface area contributed by atoms with Gasteiger partial charge in [0.2, 0.25) is 0 Å². The second kappa shape index (κ2) is 6.04. The second-order valence-corrected chi connectivity index (χ2v) is 4.97. The highest BCUT2D eigenvalue weighted by Gasteiger charge is 2.15. The van der Waals surface area contributed by atoms with E-state index in [0.717, 1.165) is 22.0 Å². The largest absolute Gasteiger partial charge is 0.353 e. The first-order valence-electron chi connectivity index (χ1n) is 6.25. The third-order valence-corrected chi connectivity index (χ3v) is 3.57. The van der Waals surface area contributed by atoms with Gasteiger partial charge in [0.1, 0.15) is 5.82 Å². The van der Waals surface area contributed by atoms with E-state index in [1.807, 2.05) is 37.4 Å². The van der Waals surface area contributed by atoms with Gasteiger partial charge in [0.25, 0.3) is 0 Å². The van der Waals surface area contributed by atoms with E-state index in [9.17, 15) is 0 Å². The smallest absolute Gasteiger partial charge is 0.133 e. The quantitative estimate of drug-likeness (QED) is 0.930. The molecule has 0 saturated carbocycles. The van der Waals surface area contributed by atoms with Crippen LogP contribution in [0.3, 0.4) is 0 Å². The third-order valence-electron chi connectivity index (χ3n) is 3.33. The number of nitrogens with two attached hydrogens (primary N) is 1. The van der Waals surface area contributed by atoms with Gasteiger partial charge in [-0.15, -0.1) is 0 Å². The molecule has 0 aliphatic carbocycles. The summed E-state index contributed by atoms with van der Waals surface area (Å²) < 4.78 is 0. The van der Waals surface area contributed by atoms with Crippen LogP contribution in [0.5, 0.6) is 0 Å². The van der Waals surface area contributed by atoms with Crippen LogP contribution in [0.15, 0.2) is 42.6 Å². The Kier molecular flexibility index (Phi) is 4.40. The molecule has 2 aromatic rings. The van der Waals surface area contributed by atoms with Crippen molar-refractivity contribution in [2.45, 2.75) is 19.5 Å². The molecular formula is C15H18ClN3. The number of aromatic nitrogens is 1. The van der Waals surface area contributed by atoms with Gasteiger partial charge >= 0.3 is 0 Å². The average molecular weight is 276 g/mol. The number of halogens is 1. The predicted molar refractivity (Wildman–Crippen MR) is 80.4 cm³/mol. The molecule has 0 radical (unpaired) electrons. The Labute approximate surface area is 119 Å². The summed E-state index contributed by atoms with van der Waals surface area (Å²) in [4.78, 5) is 6.55. The van der Waals surface area contributed by atoms with Gasteiger partial charge in [0.15, 0.2) is 0 Å². The van der Waals surface area contributed by atoms with E-state index in [2.05, 4.69) is 22.9 Å². The van der Waals surface area contributed by atoms with Gasteiger partial charge in [0.05, 0.1) is 6.04 Å². The minimum atomic E-state index is 0.180. The zero-order chi connectivity index (χ0) is 13.8. The van der Waals surface area contributed by atoms with Gasteiger partial charge in [-0.3, -0.25) is 0 Å². The zero-order valence-corrected chi connectivity index (χ0v) is 11.9. The first kappa shape index (κ1) is 13.8. The van der Waals surface area contributed by atoms with Crippen molar-refractivity contribution in [1.82, 2.24) is 4.98 Å². The minimum absolute atomic E-state index is 0.180. The van der Waals surface area contributed by atoms with Crippen molar-refractivity contribution >= 4 is 17.4 Å². The molecule has 2 rings (SSSR count). The van der Waals surface area contributed by atoms with Crippen LogP contribution in [-0.2, 0) is 6.54 Å². The normalized spacial score (nSPS) is 12.2. The molecule has 2 N–H and O–H groups in total. The summed E-state index contributed by atoms with van der Waals surface area (Å²) >= 11 is 6.04. The number of pyridine rings is 1. The number of anilines is 1. The Morgan fingerprint density at radius 1 is 1.32 bits per heavy atom. The number of hydrogen-bond acceptors (Lipinski definition) is 3. The standard InChI is InChI=1S/C15H18ClN3/c1-11(12-5-3-7-14(16)9-12)19(2)15-13(10-17)6-4-8-18-15/h3-9,11H,10,17H2,1-2H3. The maximum atomic E-state index is 6.04. The molecule has 3 nitrogen and oxygen atoms in total. The van der Waals surface area contributed by atoms with Gasteiger partial charge in [0, 0.05) is 30.4 Å². The Bertz CT molecular complexity index is 557. The van der Waals surface area contributed by atoms with Gasteiger partial charge in [-0.1, -0.05) is 29.8 Å². The predicted octanol–water partition coefficient (Wildman–Crippen LogP) is 3.39. The fourth-order valence-electron chi connectivity index (χ4n) is 2.08. The molecule has 0 amide bonds. The van der Waals surface area contributed by atoms with Crippen LogP contribution in [0.1, 0.15) is 24.1 Å². The van der Waals surface area contributed by atoms with Gasteiger partial charge < -0.3 is 10.6 Å². The molecule has 0 aliphatic heterocycles. The number of hydrogen-bond donors (Lipinski definition) is 1. The van der Waals surface area contributed by atoms with Crippen molar-refractivity contribution in [2.75, 3.05) is 11.9 Å². The molecule has 1 aromatic carbocycles. The van der Waals surface area contributed by atoms with Crippen molar-refractivity contribution in [3.63, 3.8) is 0 Å². The molecule has 0 spiro atoms. The Hall–Kier alpha value is -1.58. The van der Waals surface area contributed by atoms with Crippen LogP contribution >= 0.6 is 11.6 Å². The van der Waals surface area contributed by atoms with Crippen LogP contribution < -0.4 is 10.6 Å². The fourth-order valence-corrected chi connectivity index (χ4v) is 2.28. The van der Waals surface area contributed by atoms with Crippen LogP contribution in [0, 0.1) is 0 Å². The van der Waals surface area contributed by atoms with Crippen molar-refractivity contribution in [3.05, 3.63) is 58.7 Å². The van der Waals surface area contributed by atoms with Crippen molar-refractivity contribution in [1.29, 1.82) is 0 Å². The summed E-state index contributed by atoms with van der Waals surface area (Å²) in [6, 6.07) is 12.0. The van der Waals surface area contributed by atoms with Crippen LogP contribution in [0.4, 0.5) is 5.82 Å². The molecule has 0 bridgehead atoms. The fraction of sp³-hybridized carbons (Fsp3) is 0.267.